The molecular weight excluding hydrogens is 430 g/mol. The van der Waals surface area contributed by atoms with Crippen molar-refractivity contribution in [1.82, 2.24) is 4.57 Å². The molecule has 0 fully saturated rings. The summed E-state index contributed by atoms with van der Waals surface area (Å²) in [6.07, 6.45) is 0. The Balaban J connectivity index is 1.67. The van der Waals surface area contributed by atoms with E-state index in [0.717, 1.165) is 16.6 Å². The first-order valence-corrected chi connectivity index (χ1v) is 10.9. The molecular formula is C27H27N3O4. The molecule has 0 atom stereocenters. The maximum absolute atomic E-state index is 13.4. The third-order valence-electron chi connectivity index (χ3n) is 5.60. The number of hydrogen-bond acceptors (Lipinski definition) is 5. The number of amides is 1. The van der Waals surface area contributed by atoms with Gasteiger partial charge in [0.25, 0.3) is 5.56 Å². The van der Waals surface area contributed by atoms with Crippen LogP contribution in [0.3, 0.4) is 0 Å². The van der Waals surface area contributed by atoms with Crippen molar-refractivity contribution in [2.45, 2.75) is 20.0 Å². The largest absolute Gasteiger partial charge is 0.497 e. The molecule has 7 nitrogen and oxygen atoms in total. The highest BCUT2D eigenvalue weighted by Gasteiger charge is 2.15. The van der Waals surface area contributed by atoms with E-state index < -0.39 is 0 Å². The van der Waals surface area contributed by atoms with E-state index in [2.05, 4.69) is 10.6 Å². The molecule has 1 aromatic heterocycles. The molecule has 174 valence electrons. The van der Waals surface area contributed by atoms with Crippen LogP contribution in [0.25, 0.3) is 10.9 Å². The van der Waals surface area contributed by atoms with Crippen molar-refractivity contribution in [2.75, 3.05) is 24.9 Å². The lowest BCUT2D eigenvalue weighted by molar-refractivity contribution is -0.116. The zero-order valence-electron chi connectivity index (χ0n) is 19.4. The number of carbonyl (C=O) groups excluding carboxylic acids is 1. The number of benzene rings is 3. The molecule has 4 aromatic rings. The zero-order chi connectivity index (χ0) is 24.1. The van der Waals surface area contributed by atoms with Gasteiger partial charge in [-0.1, -0.05) is 29.8 Å². The van der Waals surface area contributed by atoms with Crippen molar-refractivity contribution in [3.63, 3.8) is 0 Å². The van der Waals surface area contributed by atoms with Crippen molar-refractivity contribution in [3.8, 4) is 11.5 Å². The topological polar surface area (TPSA) is 81.6 Å². The molecule has 4 rings (SSSR count). The highest BCUT2D eigenvalue weighted by molar-refractivity contribution is 5.93. The van der Waals surface area contributed by atoms with Crippen LogP contribution in [-0.2, 0) is 17.9 Å². The Morgan fingerprint density at radius 3 is 2.44 bits per heavy atom. The van der Waals surface area contributed by atoms with E-state index in [1.165, 1.54) is 4.57 Å². The molecule has 0 aliphatic rings. The minimum atomic E-state index is -0.334. The molecule has 0 unspecified atom stereocenters. The minimum absolute atomic E-state index is 0.154. The van der Waals surface area contributed by atoms with Crippen LogP contribution in [0.1, 0.15) is 11.1 Å². The first-order valence-electron chi connectivity index (χ1n) is 10.9. The van der Waals surface area contributed by atoms with Gasteiger partial charge in [0, 0.05) is 23.9 Å². The summed E-state index contributed by atoms with van der Waals surface area (Å²) in [5.41, 5.74) is 3.56. The van der Waals surface area contributed by atoms with Gasteiger partial charge < -0.3 is 20.1 Å². The van der Waals surface area contributed by atoms with E-state index in [-0.39, 0.29) is 18.0 Å². The third kappa shape index (κ3) is 5.04. The summed E-state index contributed by atoms with van der Waals surface area (Å²) in [7, 11) is 3.11. The Morgan fingerprint density at radius 1 is 0.941 bits per heavy atom. The molecule has 0 bridgehead atoms. The molecule has 1 amide bonds. The van der Waals surface area contributed by atoms with Crippen LogP contribution in [0.5, 0.6) is 11.5 Å². The van der Waals surface area contributed by atoms with E-state index in [9.17, 15) is 9.59 Å². The van der Waals surface area contributed by atoms with E-state index in [1.54, 1.807) is 32.4 Å². The number of carbonyl (C=O) groups is 1. The van der Waals surface area contributed by atoms with Crippen LogP contribution in [0, 0.1) is 6.92 Å². The number of rotatable bonds is 8. The molecule has 3 aromatic carbocycles. The lowest BCUT2D eigenvalue weighted by Crippen LogP contribution is -2.30. The summed E-state index contributed by atoms with van der Waals surface area (Å²) in [4.78, 5) is 26.4. The quantitative estimate of drug-likeness (QED) is 0.405. The van der Waals surface area contributed by atoms with Gasteiger partial charge in [0.2, 0.25) is 5.91 Å². The molecule has 7 heteroatoms. The number of nitrogens with one attached hydrogen (secondary N) is 2. The molecule has 0 spiro atoms. The third-order valence-corrected chi connectivity index (χ3v) is 5.60. The summed E-state index contributed by atoms with van der Waals surface area (Å²) >= 11 is 0. The molecule has 2 N–H and O–H groups in total. The van der Waals surface area contributed by atoms with E-state index in [0.29, 0.717) is 34.8 Å². The standard InChI is InChI=1S/C27H27N3O4/c1-18-8-11-21(12-9-18)28-16-20-14-19-10-13-22(33-2)15-24(19)30(27(20)32)17-26(31)29-23-6-4-5-7-25(23)34-3/h4-15,28H,16-17H2,1-3H3,(H,29,31). The second kappa shape index (κ2) is 10.1. The van der Waals surface area contributed by atoms with Gasteiger partial charge in [-0.3, -0.25) is 14.2 Å². The maximum atomic E-state index is 13.4. The van der Waals surface area contributed by atoms with Crippen LogP contribution in [0.15, 0.2) is 77.6 Å². The Kier molecular flexibility index (Phi) is 6.82. The Hall–Kier alpha value is -4.26. The first kappa shape index (κ1) is 22.9. The van der Waals surface area contributed by atoms with E-state index >= 15 is 0 Å². The molecule has 0 aliphatic carbocycles. The number of aromatic nitrogens is 1. The van der Waals surface area contributed by atoms with Crippen LogP contribution in [0.4, 0.5) is 11.4 Å². The van der Waals surface area contributed by atoms with Gasteiger partial charge in [0.15, 0.2) is 0 Å². The van der Waals surface area contributed by atoms with Gasteiger partial charge in [-0.2, -0.15) is 0 Å². The molecule has 0 saturated heterocycles. The second-order valence-corrected chi connectivity index (χ2v) is 7.95. The number of pyridine rings is 1. The van der Waals surface area contributed by atoms with Crippen LogP contribution < -0.4 is 25.7 Å². The average Bonchev–Trinajstić information content (AvgIpc) is 2.85. The van der Waals surface area contributed by atoms with Crippen molar-refractivity contribution in [2.24, 2.45) is 0 Å². The summed E-state index contributed by atoms with van der Waals surface area (Å²) in [5, 5.41) is 6.98. The normalized spacial score (nSPS) is 10.7. The number of methoxy groups -OCH3 is 2. The van der Waals surface area contributed by atoms with Crippen LogP contribution in [-0.4, -0.2) is 24.7 Å². The monoisotopic (exact) mass is 457 g/mol. The van der Waals surface area contributed by atoms with Crippen molar-refractivity contribution in [3.05, 3.63) is 94.3 Å². The number of para-hydroxylation sites is 2. The zero-order valence-corrected chi connectivity index (χ0v) is 19.4. The molecule has 0 radical (unpaired) electrons. The number of nitrogens with zero attached hydrogens (tertiary/aromatic N) is 1. The van der Waals surface area contributed by atoms with Gasteiger partial charge in [0.05, 0.1) is 25.4 Å². The smallest absolute Gasteiger partial charge is 0.256 e. The number of hydrogen-bond donors (Lipinski definition) is 2. The lowest BCUT2D eigenvalue weighted by Gasteiger charge is -2.15. The predicted octanol–water partition coefficient (Wildman–Crippen LogP) is 4.58. The van der Waals surface area contributed by atoms with Crippen molar-refractivity contribution in [1.29, 1.82) is 0 Å². The number of fused-ring (bicyclic) bond motifs is 1. The molecule has 0 aliphatic heterocycles. The van der Waals surface area contributed by atoms with E-state index in [1.807, 2.05) is 61.5 Å². The van der Waals surface area contributed by atoms with E-state index in [4.69, 9.17) is 9.47 Å². The average molecular weight is 458 g/mol. The fourth-order valence-corrected chi connectivity index (χ4v) is 3.77. The van der Waals surface area contributed by atoms with Gasteiger partial charge in [0.1, 0.15) is 18.0 Å². The lowest BCUT2D eigenvalue weighted by atomic mass is 10.1. The fourth-order valence-electron chi connectivity index (χ4n) is 3.77. The van der Waals surface area contributed by atoms with Gasteiger partial charge in [-0.25, -0.2) is 0 Å². The highest BCUT2D eigenvalue weighted by Crippen LogP contribution is 2.24. The molecule has 1 heterocycles. The minimum Gasteiger partial charge on any atom is -0.497 e. The Labute approximate surface area is 197 Å². The maximum Gasteiger partial charge on any atom is 0.256 e. The van der Waals surface area contributed by atoms with Gasteiger partial charge in [-0.15, -0.1) is 0 Å². The van der Waals surface area contributed by atoms with Crippen LogP contribution in [0.2, 0.25) is 0 Å². The molecule has 34 heavy (non-hydrogen) atoms. The highest BCUT2D eigenvalue weighted by atomic mass is 16.5. The van der Waals surface area contributed by atoms with Crippen LogP contribution >= 0.6 is 0 Å². The van der Waals surface area contributed by atoms with Crippen molar-refractivity contribution >= 4 is 28.2 Å². The van der Waals surface area contributed by atoms with Gasteiger partial charge >= 0.3 is 0 Å². The summed E-state index contributed by atoms with van der Waals surface area (Å²) in [6, 6.07) is 22.5. The predicted molar refractivity (Wildman–Crippen MR) is 135 cm³/mol. The SMILES string of the molecule is COc1ccc2cc(CNc3ccc(C)cc3)c(=O)n(CC(=O)Nc3ccccc3OC)c2c1. The second-order valence-electron chi connectivity index (χ2n) is 7.95. The van der Waals surface area contributed by atoms with Gasteiger partial charge in [-0.05, 0) is 54.8 Å². The Bertz CT molecular complexity index is 1380. The first-order chi connectivity index (χ1) is 16.5. The fraction of sp³-hybridized carbons (Fsp3) is 0.185. The number of aryl methyl sites for hydroxylation is 1. The number of ether oxygens (including phenoxy) is 2. The summed E-state index contributed by atoms with van der Waals surface area (Å²) < 4.78 is 12.1. The summed E-state index contributed by atoms with van der Waals surface area (Å²) in [6.45, 7) is 2.20. The Morgan fingerprint density at radius 2 is 1.71 bits per heavy atom. The molecule has 0 saturated carbocycles. The summed E-state index contributed by atoms with van der Waals surface area (Å²) in [5.74, 6) is 0.821. The van der Waals surface area contributed by atoms with Crippen molar-refractivity contribution < 1.29 is 14.3 Å². The number of anilines is 2.